The van der Waals surface area contributed by atoms with Gasteiger partial charge < -0.3 is 10.1 Å². The van der Waals surface area contributed by atoms with Crippen molar-refractivity contribution in [2.75, 3.05) is 0 Å². The molecule has 0 amide bonds. The van der Waals surface area contributed by atoms with Gasteiger partial charge in [-0.05, 0) is 18.1 Å². The van der Waals surface area contributed by atoms with Crippen molar-refractivity contribution in [1.29, 1.82) is 0 Å². The second-order valence-electron chi connectivity index (χ2n) is 2.66. The molecule has 2 N–H and O–H groups in total. The lowest BCUT2D eigenvalue weighted by Gasteiger charge is -1.81. The van der Waals surface area contributed by atoms with Crippen molar-refractivity contribution in [1.82, 2.24) is 9.97 Å². The van der Waals surface area contributed by atoms with E-state index in [4.69, 9.17) is 5.11 Å². The fourth-order valence-electron chi connectivity index (χ4n) is 1.12. The number of benzene rings is 1. The van der Waals surface area contributed by atoms with Gasteiger partial charge in [0.1, 0.15) is 0 Å². The van der Waals surface area contributed by atoms with E-state index in [0.29, 0.717) is 5.82 Å². The Morgan fingerprint density at radius 3 is 2.93 bits per heavy atom. The van der Waals surface area contributed by atoms with E-state index in [1.807, 2.05) is 30.2 Å². The van der Waals surface area contributed by atoms with Crippen LogP contribution in [0.15, 0.2) is 24.3 Å². The number of carboxylic acids is 1. The van der Waals surface area contributed by atoms with Gasteiger partial charge in [0.15, 0.2) is 5.82 Å². The van der Waals surface area contributed by atoms with Crippen LogP contribution in [0.3, 0.4) is 0 Å². The third-order valence-electron chi connectivity index (χ3n) is 1.68. The van der Waals surface area contributed by atoms with E-state index < -0.39 is 5.97 Å². The lowest BCUT2D eigenvalue weighted by molar-refractivity contribution is -0.130. The maximum Gasteiger partial charge on any atom is 0.382 e. The summed E-state index contributed by atoms with van der Waals surface area (Å²) in [7, 11) is 0. The van der Waals surface area contributed by atoms with E-state index in [1.165, 1.54) is 0 Å². The monoisotopic (exact) mass is 186 g/mol. The number of nitrogens with one attached hydrogen (secondary N) is 1. The number of aromatic amines is 1. The number of imidazole rings is 1. The number of nitrogens with zero attached hydrogens (tertiary/aromatic N) is 1. The third kappa shape index (κ3) is 1.57. The molecule has 0 saturated carbocycles. The Morgan fingerprint density at radius 1 is 1.43 bits per heavy atom. The first-order chi connectivity index (χ1) is 6.75. The molecule has 4 nitrogen and oxygen atoms in total. The highest BCUT2D eigenvalue weighted by atomic mass is 16.4. The molecule has 2 aromatic rings. The lowest BCUT2D eigenvalue weighted by atomic mass is 10.3. The summed E-state index contributed by atoms with van der Waals surface area (Å²) < 4.78 is 0. The second-order valence-corrected chi connectivity index (χ2v) is 2.66. The van der Waals surface area contributed by atoms with E-state index in [2.05, 4.69) is 15.9 Å². The number of carboxylic acid groups (broad SMARTS) is 1. The van der Waals surface area contributed by atoms with E-state index >= 15 is 0 Å². The van der Waals surface area contributed by atoms with Crippen LogP contribution in [0.4, 0.5) is 0 Å². The zero-order valence-electron chi connectivity index (χ0n) is 7.11. The van der Waals surface area contributed by atoms with Gasteiger partial charge in [-0.15, -0.1) is 0 Å². The number of aromatic nitrogens is 2. The molecule has 0 aliphatic rings. The van der Waals surface area contributed by atoms with Gasteiger partial charge in [-0.2, -0.15) is 0 Å². The molecule has 0 atom stereocenters. The molecule has 0 radical (unpaired) electrons. The van der Waals surface area contributed by atoms with Crippen molar-refractivity contribution < 1.29 is 9.90 Å². The Kier molecular flexibility index (Phi) is 1.92. The van der Waals surface area contributed by atoms with Gasteiger partial charge in [0.25, 0.3) is 0 Å². The molecule has 4 heteroatoms. The molecule has 0 saturated heterocycles. The van der Waals surface area contributed by atoms with E-state index in [1.54, 1.807) is 0 Å². The van der Waals surface area contributed by atoms with Crippen molar-refractivity contribution in [2.24, 2.45) is 0 Å². The smallest absolute Gasteiger partial charge is 0.382 e. The summed E-state index contributed by atoms with van der Waals surface area (Å²) in [4.78, 5) is 17.2. The standard InChI is InChI=1S/C10H6N2O2/c13-10(14)6-5-9-11-7-3-1-2-4-8(7)12-9/h1-4H,(H,11,12)(H,13,14). The van der Waals surface area contributed by atoms with Crippen LogP contribution < -0.4 is 0 Å². The molecule has 68 valence electrons. The van der Waals surface area contributed by atoms with Gasteiger partial charge in [0.05, 0.1) is 11.0 Å². The van der Waals surface area contributed by atoms with Gasteiger partial charge in [-0.25, -0.2) is 9.78 Å². The molecule has 0 unspecified atom stereocenters. The van der Waals surface area contributed by atoms with Crippen LogP contribution in [0.25, 0.3) is 11.0 Å². The number of carbonyl (C=O) groups is 1. The summed E-state index contributed by atoms with van der Waals surface area (Å²) in [6, 6.07) is 7.42. The number of aliphatic carboxylic acids is 1. The molecular weight excluding hydrogens is 180 g/mol. The van der Waals surface area contributed by atoms with Crippen molar-refractivity contribution in [2.45, 2.75) is 0 Å². The van der Waals surface area contributed by atoms with Crippen LogP contribution >= 0.6 is 0 Å². The summed E-state index contributed by atoms with van der Waals surface area (Å²) in [5.74, 6) is 3.62. The molecule has 1 aromatic carbocycles. The zero-order valence-corrected chi connectivity index (χ0v) is 7.11. The highest BCUT2D eigenvalue weighted by Crippen LogP contribution is 2.08. The molecule has 14 heavy (non-hydrogen) atoms. The summed E-state index contributed by atoms with van der Waals surface area (Å²) >= 11 is 0. The molecule has 0 spiro atoms. The topological polar surface area (TPSA) is 66.0 Å². The molecule has 0 bridgehead atoms. The Hall–Kier alpha value is -2.28. The zero-order chi connectivity index (χ0) is 9.97. The number of hydrogen-bond donors (Lipinski definition) is 2. The fourth-order valence-corrected chi connectivity index (χ4v) is 1.12. The first kappa shape index (κ1) is 8.32. The molecule has 0 fully saturated rings. The average molecular weight is 186 g/mol. The summed E-state index contributed by atoms with van der Waals surface area (Å²) in [5, 5.41) is 8.33. The SMILES string of the molecule is O=C(O)C#Cc1nc2ccccc2[nH]1. The highest BCUT2D eigenvalue weighted by Gasteiger charge is 1.97. The maximum absolute atomic E-state index is 10.2. The Balaban J connectivity index is 2.47. The van der Waals surface area contributed by atoms with Crippen molar-refractivity contribution in [3.8, 4) is 11.8 Å². The summed E-state index contributed by atoms with van der Waals surface area (Å²) in [6.45, 7) is 0. The number of fused-ring (bicyclic) bond motifs is 1. The van der Waals surface area contributed by atoms with Gasteiger partial charge in [-0.3, -0.25) is 0 Å². The Bertz CT molecular complexity index is 513. The molecule has 0 aliphatic heterocycles. The molecule has 1 heterocycles. The molecule has 0 aliphatic carbocycles. The van der Waals surface area contributed by atoms with Gasteiger partial charge in [-0.1, -0.05) is 12.1 Å². The first-order valence-electron chi connectivity index (χ1n) is 3.95. The third-order valence-corrected chi connectivity index (χ3v) is 1.68. The fraction of sp³-hybridized carbons (Fsp3) is 0. The highest BCUT2D eigenvalue weighted by molar-refractivity contribution is 5.87. The number of para-hydroxylation sites is 2. The number of rotatable bonds is 0. The van der Waals surface area contributed by atoms with E-state index in [-0.39, 0.29) is 0 Å². The Labute approximate surface area is 79.6 Å². The number of H-pyrrole nitrogens is 1. The summed E-state index contributed by atoms with van der Waals surface area (Å²) in [5.41, 5.74) is 1.63. The minimum absolute atomic E-state index is 0.369. The van der Waals surface area contributed by atoms with E-state index in [9.17, 15) is 4.79 Å². The molecular formula is C10H6N2O2. The number of hydrogen-bond acceptors (Lipinski definition) is 2. The maximum atomic E-state index is 10.2. The van der Waals surface area contributed by atoms with Crippen molar-refractivity contribution in [3.05, 3.63) is 30.1 Å². The van der Waals surface area contributed by atoms with Gasteiger partial charge in [0.2, 0.25) is 0 Å². The summed E-state index contributed by atoms with van der Waals surface area (Å²) in [6.07, 6.45) is 0. The average Bonchev–Trinajstić information content (AvgIpc) is 2.57. The largest absolute Gasteiger partial charge is 0.472 e. The first-order valence-corrected chi connectivity index (χ1v) is 3.95. The quantitative estimate of drug-likeness (QED) is 0.603. The van der Waals surface area contributed by atoms with Crippen LogP contribution in [-0.2, 0) is 4.79 Å². The van der Waals surface area contributed by atoms with Crippen molar-refractivity contribution in [3.63, 3.8) is 0 Å². The predicted molar refractivity (Wildman–Crippen MR) is 50.6 cm³/mol. The van der Waals surface area contributed by atoms with Crippen LogP contribution in [0.5, 0.6) is 0 Å². The van der Waals surface area contributed by atoms with Crippen LogP contribution in [0.1, 0.15) is 5.82 Å². The lowest BCUT2D eigenvalue weighted by Crippen LogP contribution is -1.87. The van der Waals surface area contributed by atoms with E-state index in [0.717, 1.165) is 11.0 Å². The van der Waals surface area contributed by atoms with Gasteiger partial charge >= 0.3 is 5.97 Å². The minimum Gasteiger partial charge on any atom is -0.472 e. The predicted octanol–water partition coefficient (Wildman–Crippen LogP) is 0.999. The van der Waals surface area contributed by atoms with Crippen LogP contribution in [-0.4, -0.2) is 21.0 Å². The molecule has 2 rings (SSSR count). The van der Waals surface area contributed by atoms with Crippen LogP contribution in [0.2, 0.25) is 0 Å². The van der Waals surface area contributed by atoms with Crippen LogP contribution in [0, 0.1) is 11.8 Å². The Morgan fingerprint density at radius 2 is 2.21 bits per heavy atom. The minimum atomic E-state index is -1.16. The van der Waals surface area contributed by atoms with Crippen molar-refractivity contribution >= 4 is 17.0 Å². The van der Waals surface area contributed by atoms with Gasteiger partial charge in [0, 0.05) is 5.92 Å². The normalized spacial score (nSPS) is 9.43. The molecule has 1 aromatic heterocycles. The second kappa shape index (κ2) is 3.23.